The van der Waals surface area contributed by atoms with E-state index in [1.165, 1.54) is 83.1 Å². The average molecular weight is 278 g/mol. The van der Waals surface area contributed by atoms with Crippen molar-refractivity contribution < 1.29 is 4.79 Å². The molecular formula is C19H34O. The summed E-state index contributed by atoms with van der Waals surface area (Å²) < 4.78 is 0. The van der Waals surface area contributed by atoms with E-state index < -0.39 is 0 Å². The molecule has 0 heterocycles. The van der Waals surface area contributed by atoms with Gasteiger partial charge >= 0.3 is 0 Å². The third-order valence-corrected chi connectivity index (χ3v) is 3.79. The zero-order valence-electron chi connectivity index (χ0n) is 13.6. The molecule has 0 radical (unpaired) electrons. The van der Waals surface area contributed by atoms with Crippen LogP contribution >= 0.6 is 0 Å². The van der Waals surface area contributed by atoms with Gasteiger partial charge in [-0.25, -0.2) is 0 Å². The Labute approximate surface area is 126 Å². The van der Waals surface area contributed by atoms with Crippen molar-refractivity contribution in [3.8, 4) is 0 Å². The summed E-state index contributed by atoms with van der Waals surface area (Å²) >= 11 is 0. The van der Waals surface area contributed by atoms with Gasteiger partial charge in [0.15, 0.2) is 5.78 Å². The van der Waals surface area contributed by atoms with Gasteiger partial charge in [0.2, 0.25) is 0 Å². The highest BCUT2D eigenvalue weighted by Crippen LogP contribution is 2.12. The second-order valence-corrected chi connectivity index (χ2v) is 5.81. The zero-order chi connectivity index (χ0) is 14.9. The highest BCUT2D eigenvalue weighted by molar-refractivity contribution is 5.89. The monoisotopic (exact) mass is 278 g/mol. The molecule has 0 aromatic heterocycles. The van der Waals surface area contributed by atoms with Gasteiger partial charge in [-0.3, -0.25) is 4.79 Å². The molecule has 0 aromatic carbocycles. The lowest BCUT2D eigenvalue weighted by molar-refractivity contribution is -0.114. The van der Waals surface area contributed by atoms with Gasteiger partial charge in [-0.1, -0.05) is 90.6 Å². The Bertz CT molecular complexity index is 261. The Morgan fingerprint density at radius 1 is 0.800 bits per heavy atom. The molecule has 0 saturated heterocycles. The number of allylic oxidation sites excluding steroid dienone is 1. The number of hydrogen-bond acceptors (Lipinski definition) is 1. The molecule has 0 atom stereocenters. The normalized spacial score (nSPS) is 10.2. The highest BCUT2D eigenvalue weighted by Gasteiger charge is 1.97. The second-order valence-electron chi connectivity index (χ2n) is 5.81. The second kappa shape index (κ2) is 16.2. The molecule has 1 nitrogen and oxygen atoms in total. The first-order valence-electron chi connectivity index (χ1n) is 8.70. The fourth-order valence-electron chi connectivity index (χ4n) is 2.50. The Kier molecular flexibility index (Phi) is 15.6. The molecule has 0 bridgehead atoms. The van der Waals surface area contributed by atoms with Gasteiger partial charge in [0.25, 0.3) is 0 Å². The molecule has 0 aromatic rings. The molecule has 0 aliphatic heterocycles. The fraction of sp³-hybridized carbons (Fsp3) is 0.789. The number of carbonyl (C=O) groups excluding carboxylic acids is 1. The van der Waals surface area contributed by atoms with E-state index in [-0.39, 0.29) is 5.78 Å². The number of unbranched alkanes of at least 4 members (excludes halogenated alkanes) is 12. The van der Waals surface area contributed by atoms with Gasteiger partial charge in [0.1, 0.15) is 0 Å². The van der Waals surface area contributed by atoms with Gasteiger partial charge in [0, 0.05) is 12.5 Å². The maximum absolute atomic E-state index is 11.2. The summed E-state index contributed by atoms with van der Waals surface area (Å²) in [5.74, 6) is 0.170. The van der Waals surface area contributed by atoms with Crippen molar-refractivity contribution in [2.45, 2.75) is 96.8 Å². The largest absolute Gasteiger partial charge is 0.294 e. The van der Waals surface area contributed by atoms with Crippen LogP contribution in [0.3, 0.4) is 0 Å². The maximum atomic E-state index is 11.2. The van der Waals surface area contributed by atoms with Gasteiger partial charge in [-0.05, 0) is 6.42 Å². The molecule has 20 heavy (non-hydrogen) atoms. The molecule has 0 aliphatic rings. The number of rotatable bonds is 15. The van der Waals surface area contributed by atoms with Crippen molar-refractivity contribution in [1.29, 1.82) is 0 Å². The minimum Gasteiger partial charge on any atom is -0.294 e. The molecule has 0 amide bonds. The van der Waals surface area contributed by atoms with Crippen molar-refractivity contribution in [3.05, 3.63) is 18.4 Å². The third kappa shape index (κ3) is 15.2. The van der Waals surface area contributed by atoms with Crippen LogP contribution in [0.15, 0.2) is 18.4 Å². The first kappa shape index (κ1) is 19.2. The van der Waals surface area contributed by atoms with Gasteiger partial charge in [-0.2, -0.15) is 0 Å². The van der Waals surface area contributed by atoms with Gasteiger partial charge in [0.05, 0.1) is 0 Å². The van der Waals surface area contributed by atoms with Crippen molar-refractivity contribution in [2.75, 3.05) is 0 Å². The van der Waals surface area contributed by atoms with Gasteiger partial charge in [-0.15, -0.1) is 5.73 Å². The van der Waals surface area contributed by atoms with Crippen LogP contribution in [0.5, 0.6) is 0 Å². The standard InChI is InChI=1S/C19H34O/c1-3-5-6-7-8-9-10-11-12-13-14-15-16-18-19(20)17-4-2/h17H,2-3,5-16,18H2,1H3. The quantitative estimate of drug-likeness (QED) is 0.193. The van der Waals surface area contributed by atoms with Gasteiger partial charge < -0.3 is 0 Å². The number of hydrogen-bond donors (Lipinski definition) is 0. The summed E-state index contributed by atoms with van der Waals surface area (Å²) in [6, 6.07) is 0. The predicted octanol–water partition coefficient (Wildman–Crippen LogP) is 6.38. The molecule has 0 spiro atoms. The minimum atomic E-state index is 0.170. The summed E-state index contributed by atoms with van der Waals surface area (Å²) in [5, 5.41) is 0. The predicted molar refractivity (Wildman–Crippen MR) is 89.0 cm³/mol. The summed E-state index contributed by atoms with van der Waals surface area (Å²) in [4.78, 5) is 11.2. The smallest absolute Gasteiger partial charge is 0.163 e. The third-order valence-electron chi connectivity index (χ3n) is 3.79. The van der Waals surface area contributed by atoms with E-state index in [1.54, 1.807) is 0 Å². The molecule has 0 fully saturated rings. The summed E-state index contributed by atoms with van der Waals surface area (Å²) in [6.45, 7) is 5.68. The van der Waals surface area contributed by atoms with E-state index in [4.69, 9.17) is 0 Å². The number of ketones is 1. The Morgan fingerprint density at radius 3 is 1.60 bits per heavy atom. The van der Waals surface area contributed by atoms with Crippen LogP contribution in [-0.2, 0) is 4.79 Å². The summed E-state index contributed by atoms with van der Waals surface area (Å²) in [5.41, 5.74) is 2.54. The fourth-order valence-corrected chi connectivity index (χ4v) is 2.50. The van der Waals surface area contributed by atoms with Crippen LogP contribution in [0.2, 0.25) is 0 Å². The van der Waals surface area contributed by atoms with E-state index in [2.05, 4.69) is 19.2 Å². The molecule has 0 rings (SSSR count). The molecule has 0 N–H and O–H groups in total. The number of carbonyl (C=O) groups is 1. The maximum Gasteiger partial charge on any atom is 0.163 e. The lowest BCUT2D eigenvalue weighted by Crippen LogP contribution is -1.91. The summed E-state index contributed by atoms with van der Waals surface area (Å²) in [6.07, 6.45) is 19.6. The molecule has 0 saturated carbocycles. The van der Waals surface area contributed by atoms with E-state index in [9.17, 15) is 4.79 Å². The molecule has 0 unspecified atom stereocenters. The zero-order valence-corrected chi connectivity index (χ0v) is 13.6. The topological polar surface area (TPSA) is 17.1 Å². The van der Waals surface area contributed by atoms with Crippen LogP contribution in [-0.4, -0.2) is 5.78 Å². The first-order valence-corrected chi connectivity index (χ1v) is 8.70. The van der Waals surface area contributed by atoms with E-state index in [1.807, 2.05) is 0 Å². The van der Waals surface area contributed by atoms with E-state index >= 15 is 0 Å². The molecule has 116 valence electrons. The van der Waals surface area contributed by atoms with Crippen LogP contribution < -0.4 is 0 Å². The van der Waals surface area contributed by atoms with Crippen LogP contribution in [0.4, 0.5) is 0 Å². The highest BCUT2D eigenvalue weighted by atomic mass is 16.1. The van der Waals surface area contributed by atoms with Crippen LogP contribution in [0.1, 0.15) is 96.8 Å². The van der Waals surface area contributed by atoms with Crippen molar-refractivity contribution in [3.63, 3.8) is 0 Å². The summed E-state index contributed by atoms with van der Waals surface area (Å²) in [7, 11) is 0. The SMILES string of the molecule is C=C=CC(=O)CCCCCCCCCCCCCCC. The Morgan fingerprint density at radius 2 is 1.20 bits per heavy atom. The van der Waals surface area contributed by atoms with Crippen molar-refractivity contribution in [2.24, 2.45) is 0 Å². The molecular weight excluding hydrogens is 244 g/mol. The Balaban J connectivity index is 3.06. The Hall–Kier alpha value is -0.810. The van der Waals surface area contributed by atoms with E-state index in [0.717, 1.165) is 6.42 Å². The van der Waals surface area contributed by atoms with Crippen molar-refractivity contribution >= 4 is 5.78 Å². The van der Waals surface area contributed by atoms with Crippen LogP contribution in [0.25, 0.3) is 0 Å². The van der Waals surface area contributed by atoms with Crippen molar-refractivity contribution in [1.82, 2.24) is 0 Å². The van der Waals surface area contributed by atoms with Crippen LogP contribution in [0, 0.1) is 0 Å². The lowest BCUT2D eigenvalue weighted by Gasteiger charge is -2.02. The lowest BCUT2D eigenvalue weighted by atomic mass is 10.0. The average Bonchev–Trinajstić information content (AvgIpc) is 2.44. The molecule has 0 aliphatic carbocycles. The molecule has 1 heteroatoms. The first-order chi connectivity index (χ1) is 9.81. The minimum absolute atomic E-state index is 0.170. The van der Waals surface area contributed by atoms with E-state index in [0.29, 0.717) is 6.42 Å².